The largest absolute Gasteiger partial charge is 0.495 e. The normalized spacial score (nSPS) is 23.0. The predicted octanol–water partition coefficient (Wildman–Crippen LogP) is 5.37. The van der Waals surface area contributed by atoms with Crippen molar-refractivity contribution in [2.75, 3.05) is 20.8 Å². The average molecular weight is 475 g/mol. The number of ether oxygens (including phenoxy) is 3. The van der Waals surface area contributed by atoms with E-state index >= 15 is 4.39 Å². The molecule has 0 N–H and O–H groups in total. The van der Waals surface area contributed by atoms with Gasteiger partial charge < -0.3 is 14.2 Å². The van der Waals surface area contributed by atoms with Crippen LogP contribution in [-0.2, 0) is 9.53 Å². The summed E-state index contributed by atoms with van der Waals surface area (Å²) in [4.78, 5) is 20.2. The van der Waals surface area contributed by atoms with Crippen LogP contribution in [0.15, 0.2) is 30.6 Å². The number of hydrogen-bond donors (Lipinski definition) is 0. The van der Waals surface area contributed by atoms with Crippen molar-refractivity contribution in [3.8, 4) is 11.6 Å². The summed E-state index contributed by atoms with van der Waals surface area (Å²) in [5.41, 5.74) is -0.802. The number of carbonyl (C=O) groups excluding carboxylic acids is 1. The molecule has 2 aromatic rings. The number of halogens is 2. The van der Waals surface area contributed by atoms with E-state index in [9.17, 15) is 9.18 Å². The highest BCUT2D eigenvalue weighted by Crippen LogP contribution is 2.50. The van der Waals surface area contributed by atoms with E-state index < -0.39 is 23.5 Å². The highest BCUT2D eigenvalue weighted by molar-refractivity contribution is 5.80. The molecule has 0 aliphatic heterocycles. The summed E-state index contributed by atoms with van der Waals surface area (Å²) < 4.78 is 45.5. The van der Waals surface area contributed by atoms with Crippen LogP contribution in [0.5, 0.6) is 11.6 Å². The molecule has 2 aliphatic rings. The van der Waals surface area contributed by atoms with E-state index in [-0.39, 0.29) is 11.8 Å². The van der Waals surface area contributed by atoms with Crippen LogP contribution in [-0.4, -0.2) is 42.4 Å². The lowest BCUT2D eigenvalue weighted by atomic mass is 9.79. The number of carbonyl (C=O) groups is 1. The Morgan fingerprint density at radius 3 is 2.53 bits per heavy atom. The van der Waals surface area contributed by atoms with Crippen LogP contribution in [0.4, 0.5) is 8.78 Å². The summed E-state index contributed by atoms with van der Waals surface area (Å²) in [5.74, 6) is -0.355. The van der Waals surface area contributed by atoms with Gasteiger partial charge in [-0.15, -0.1) is 0 Å². The number of hydrogen-bond acceptors (Lipinski definition) is 6. The summed E-state index contributed by atoms with van der Waals surface area (Å²) in [6.07, 6.45) is 8.24. The fraction of sp³-hybridized carbons (Fsp3) is 0.577. The summed E-state index contributed by atoms with van der Waals surface area (Å²) >= 11 is 0. The first-order valence-electron chi connectivity index (χ1n) is 11.9. The number of rotatable bonds is 9. The minimum Gasteiger partial charge on any atom is -0.495 e. The van der Waals surface area contributed by atoms with E-state index in [1.807, 2.05) is 0 Å². The van der Waals surface area contributed by atoms with E-state index in [0.29, 0.717) is 35.3 Å². The lowest BCUT2D eigenvalue weighted by Crippen LogP contribution is -2.39. The maximum absolute atomic E-state index is 15.4. The molecule has 0 radical (unpaired) electrons. The van der Waals surface area contributed by atoms with Gasteiger partial charge in [-0.05, 0) is 80.9 Å². The number of pyridine rings is 2. The van der Waals surface area contributed by atoms with Gasteiger partial charge in [-0.25, -0.2) is 19.2 Å². The summed E-state index contributed by atoms with van der Waals surface area (Å²) in [6.45, 7) is 1.78. The second-order valence-electron chi connectivity index (χ2n) is 9.59. The van der Waals surface area contributed by atoms with Crippen LogP contribution in [0, 0.1) is 17.8 Å². The fourth-order valence-corrected chi connectivity index (χ4v) is 5.17. The van der Waals surface area contributed by atoms with Crippen molar-refractivity contribution in [3.05, 3.63) is 47.7 Å². The molecule has 0 saturated heterocycles. The molecule has 2 saturated carbocycles. The molecule has 0 amide bonds. The molecule has 2 aromatic heterocycles. The molecule has 2 fully saturated rings. The third-order valence-corrected chi connectivity index (χ3v) is 7.21. The molecule has 34 heavy (non-hydrogen) atoms. The Morgan fingerprint density at radius 2 is 1.88 bits per heavy atom. The van der Waals surface area contributed by atoms with E-state index in [1.165, 1.54) is 20.2 Å². The monoisotopic (exact) mass is 474 g/mol. The number of nitrogens with zero attached hydrogens (tertiary/aromatic N) is 2. The Morgan fingerprint density at radius 1 is 1.15 bits per heavy atom. The standard InChI is InChI=1S/C26H32F2N2O4/c1-26(28,25(31)33-3)23(18-8-9-18)19-10-11-29-22(12-19)34-15-16-4-6-17(7-5-16)21-13-20(32-2)14-30-24(21)27/h10-14,16-18,23H,4-9,15H2,1-3H3/t16-,17-,23?,26?. The van der Waals surface area contributed by atoms with Gasteiger partial charge in [-0.2, -0.15) is 4.39 Å². The second kappa shape index (κ2) is 10.2. The molecule has 184 valence electrons. The van der Waals surface area contributed by atoms with Crippen molar-refractivity contribution in [2.45, 2.75) is 63.0 Å². The molecule has 4 rings (SSSR count). The van der Waals surface area contributed by atoms with E-state index in [0.717, 1.165) is 38.5 Å². The van der Waals surface area contributed by atoms with Crippen LogP contribution in [0.25, 0.3) is 0 Å². The van der Waals surface area contributed by atoms with Gasteiger partial charge in [0.15, 0.2) is 0 Å². The van der Waals surface area contributed by atoms with Crippen molar-refractivity contribution < 1.29 is 27.8 Å². The molecule has 2 aliphatic carbocycles. The van der Waals surface area contributed by atoms with Gasteiger partial charge in [-0.1, -0.05) is 0 Å². The van der Waals surface area contributed by atoms with Gasteiger partial charge in [0, 0.05) is 23.7 Å². The first-order chi connectivity index (χ1) is 16.3. The summed E-state index contributed by atoms with van der Waals surface area (Å²) in [7, 11) is 2.76. The molecular weight excluding hydrogens is 442 g/mol. The first-order valence-corrected chi connectivity index (χ1v) is 11.9. The highest BCUT2D eigenvalue weighted by atomic mass is 19.1. The lowest BCUT2D eigenvalue weighted by molar-refractivity contribution is -0.155. The van der Waals surface area contributed by atoms with Gasteiger partial charge >= 0.3 is 5.97 Å². The van der Waals surface area contributed by atoms with Crippen molar-refractivity contribution in [3.63, 3.8) is 0 Å². The maximum Gasteiger partial charge on any atom is 0.343 e. The molecule has 2 heterocycles. The maximum atomic E-state index is 15.4. The Labute approximate surface area is 199 Å². The van der Waals surface area contributed by atoms with E-state index in [1.54, 1.807) is 31.5 Å². The van der Waals surface area contributed by atoms with Crippen LogP contribution in [0.3, 0.4) is 0 Å². The Kier molecular flexibility index (Phi) is 7.33. The minimum absolute atomic E-state index is 0.103. The lowest BCUT2D eigenvalue weighted by Gasteiger charge is -2.29. The Bertz CT molecular complexity index is 1000. The van der Waals surface area contributed by atoms with Crippen LogP contribution in [0.1, 0.15) is 68.4 Å². The number of methoxy groups -OCH3 is 2. The fourth-order valence-electron chi connectivity index (χ4n) is 5.17. The molecular formula is C26H32F2N2O4. The van der Waals surface area contributed by atoms with Crippen molar-refractivity contribution in [1.82, 2.24) is 9.97 Å². The third kappa shape index (κ3) is 5.31. The Balaban J connectivity index is 1.36. The SMILES string of the molecule is COC(=O)C(C)(F)C(c1ccnc(OC[C@H]2CC[C@H](c3cc(OC)cnc3F)CC2)c1)C1CC1. The van der Waals surface area contributed by atoms with Crippen molar-refractivity contribution in [1.29, 1.82) is 0 Å². The first kappa shape index (κ1) is 24.4. The van der Waals surface area contributed by atoms with Crippen LogP contribution >= 0.6 is 0 Å². The molecule has 6 nitrogen and oxygen atoms in total. The second-order valence-corrected chi connectivity index (χ2v) is 9.59. The molecule has 0 aromatic carbocycles. The van der Waals surface area contributed by atoms with E-state index in [4.69, 9.17) is 14.2 Å². The zero-order valence-electron chi connectivity index (χ0n) is 19.9. The summed E-state index contributed by atoms with van der Waals surface area (Å²) in [6, 6.07) is 5.23. The van der Waals surface area contributed by atoms with Gasteiger partial charge in [-0.3, -0.25) is 0 Å². The van der Waals surface area contributed by atoms with E-state index in [2.05, 4.69) is 9.97 Å². The van der Waals surface area contributed by atoms with Crippen LogP contribution in [0.2, 0.25) is 0 Å². The van der Waals surface area contributed by atoms with Crippen LogP contribution < -0.4 is 9.47 Å². The van der Waals surface area contributed by atoms with Gasteiger partial charge in [0.2, 0.25) is 17.5 Å². The van der Waals surface area contributed by atoms with Gasteiger partial charge in [0.1, 0.15) is 5.75 Å². The zero-order valence-corrected chi connectivity index (χ0v) is 19.9. The molecule has 8 heteroatoms. The predicted molar refractivity (Wildman–Crippen MR) is 122 cm³/mol. The third-order valence-electron chi connectivity index (χ3n) is 7.21. The molecule has 0 bridgehead atoms. The highest BCUT2D eigenvalue weighted by Gasteiger charge is 2.51. The smallest absolute Gasteiger partial charge is 0.343 e. The van der Waals surface area contributed by atoms with Crippen molar-refractivity contribution in [2.24, 2.45) is 11.8 Å². The summed E-state index contributed by atoms with van der Waals surface area (Å²) in [5, 5.41) is 0. The number of esters is 1. The molecule has 2 atom stereocenters. The van der Waals surface area contributed by atoms with Crippen molar-refractivity contribution >= 4 is 5.97 Å². The van der Waals surface area contributed by atoms with Gasteiger partial charge in [0.05, 0.1) is 27.0 Å². The zero-order chi connectivity index (χ0) is 24.3. The molecule has 2 unspecified atom stereocenters. The average Bonchev–Trinajstić information content (AvgIpc) is 3.68. The molecule has 0 spiro atoms. The Hall–Kier alpha value is -2.77. The topological polar surface area (TPSA) is 70.5 Å². The number of aromatic nitrogens is 2. The number of alkyl halides is 1. The minimum atomic E-state index is -2.11. The van der Waals surface area contributed by atoms with Gasteiger partial charge in [0.25, 0.3) is 0 Å². The quantitative estimate of drug-likeness (QED) is 0.359.